The lowest BCUT2D eigenvalue weighted by Gasteiger charge is -2.34. The summed E-state index contributed by atoms with van der Waals surface area (Å²) in [6.07, 6.45) is 4.32. The zero-order chi connectivity index (χ0) is 20.5. The zero-order valence-corrected chi connectivity index (χ0v) is 18.1. The molecule has 1 saturated heterocycles. The van der Waals surface area contributed by atoms with Gasteiger partial charge in [-0.1, -0.05) is 25.4 Å². The number of piperidine rings is 1. The minimum Gasteiger partial charge on any atom is -0.444 e. The summed E-state index contributed by atoms with van der Waals surface area (Å²) in [5.41, 5.74) is 1.43. The van der Waals surface area contributed by atoms with E-state index in [-0.39, 0.29) is 12.1 Å². The lowest BCUT2D eigenvalue weighted by Crippen LogP contribution is -2.44. The molecular weight excluding hydrogens is 378 g/mol. The first-order valence-electron chi connectivity index (χ1n) is 9.96. The number of likely N-dealkylation sites (tertiary alicyclic amines) is 1. The Morgan fingerprint density at radius 1 is 1.39 bits per heavy atom. The van der Waals surface area contributed by atoms with Crippen molar-refractivity contribution in [3.8, 4) is 0 Å². The van der Waals surface area contributed by atoms with E-state index >= 15 is 0 Å². The molecule has 1 atom stereocenters. The molecule has 0 spiro atoms. The van der Waals surface area contributed by atoms with E-state index in [2.05, 4.69) is 29.2 Å². The van der Waals surface area contributed by atoms with Gasteiger partial charge in [-0.25, -0.2) is 9.78 Å². The van der Waals surface area contributed by atoms with E-state index in [9.17, 15) is 4.79 Å². The van der Waals surface area contributed by atoms with Crippen molar-refractivity contribution in [2.24, 2.45) is 0 Å². The molecule has 0 aromatic carbocycles. The van der Waals surface area contributed by atoms with Gasteiger partial charge in [0.05, 0.1) is 6.20 Å². The molecule has 154 valence electrons. The van der Waals surface area contributed by atoms with Crippen LogP contribution < -0.4 is 5.32 Å². The fourth-order valence-electron chi connectivity index (χ4n) is 3.36. The summed E-state index contributed by atoms with van der Waals surface area (Å²) in [5, 5.41) is 8.52. The minimum absolute atomic E-state index is 0.233. The Kier molecular flexibility index (Phi) is 6.03. The number of carbonyl (C=O) groups is 1. The molecule has 0 bridgehead atoms. The molecule has 2 aromatic heterocycles. The van der Waals surface area contributed by atoms with Crippen molar-refractivity contribution in [1.29, 1.82) is 0 Å². The quantitative estimate of drug-likeness (QED) is 0.743. The van der Waals surface area contributed by atoms with Gasteiger partial charge in [0.25, 0.3) is 0 Å². The number of rotatable bonds is 4. The highest BCUT2D eigenvalue weighted by Gasteiger charge is 2.27. The maximum absolute atomic E-state index is 12.2. The number of hydrogen-bond acceptors (Lipinski definition) is 5. The lowest BCUT2D eigenvalue weighted by atomic mass is 10.0. The molecule has 7 nitrogen and oxygen atoms in total. The predicted molar refractivity (Wildman–Crippen MR) is 111 cm³/mol. The second kappa shape index (κ2) is 8.15. The fourth-order valence-corrected chi connectivity index (χ4v) is 3.55. The summed E-state index contributed by atoms with van der Waals surface area (Å²) in [7, 11) is 0. The third-order valence-corrected chi connectivity index (χ3v) is 5.30. The molecule has 1 N–H and O–H groups in total. The topological polar surface area (TPSA) is 71.8 Å². The van der Waals surface area contributed by atoms with E-state index in [0.717, 1.165) is 36.3 Å². The Morgan fingerprint density at radius 3 is 2.68 bits per heavy atom. The molecule has 1 aliphatic heterocycles. The summed E-state index contributed by atoms with van der Waals surface area (Å²) in [6, 6.07) is 2.04. The van der Waals surface area contributed by atoms with Gasteiger partial charge in [0.2, 0.25) is 0 Å². The summed E-state index contributed by atoms with van der Waals surface area (Å²) in [5.74, 6) is 1.20. The number of aromatic nitrogens is 3. The van der Waals surface area contributed by atoms with Crippen LogP contribution >= 0.6 is 11.6 Å². The van der Waals surface area contributed by atoms with Crippen LogP contribution in [0.25, 0.3) is 5.65 Å². The van der Waals surface area contributed by atoms with Crippen LogP contribution in [0.1, 0.15) is 65.4 Å². The maximum Gasteiger partial charge on any atom is 0.410 e. The van der Waals surface area contributed by atoms with Gasteiger partial charge < -0.3 is 15.0 Å². The van der Waals surface area contributed by atoms with E-state index in [0.29, 0.717) is 24.2 Å². The van der Waals surface area contributed by atoms with Gasteiger partial charge in [0.15, 0.2) is 5.65 Å². The molecule has 3 heterocycles. The van der Waals surface area contributed by atoms with Crippen molar-refractivity contribution in [2.75, 3.05) is 18.4 Å². The van der Waals surface area contributed by atoms with Gasteiger partial charge >= 0.3 is 6.09 Å². The SMILES string of the molecule is CCC(C)c1cnn2c(NC3CCN(C(=O)OC(C)(C)C)CC3)cc(Cl)nc12. The van der Waals surface area contributed by atoms with Crippen molar-refractivity contribution in [2.45, 2.75) is 71.4 Å². The Labute approximate surface area is 171 Å². The van der Waals surface area contributed by atoms with Crippen molar-refractivity contribution < 1.29 is 9.53 Å². The minimum atomic E-state index is -0.473. The molecule has 0 aliphatic carbocycles. The number of hydrogen-bond donors (Lipinski definition) is 1. The largest absolute Gasteiger partial charge is 0.444 e. The monoisotopic (exact) mass is 407 g/mol. The Hall–Kier alpha value is -2.02. The number of carbonyl (C=O) groups excluding carboxylic acids is 1. The molecule has 8 heteroatoms. The molecule has 1 unspecified atom stereocenters. The Morgan fingerprint density at radius 2 is 2.07 bits per heavy atom. The summed E-state index contributed by atoms with van der Waals surface area (Å²) >= 11 is 6.28. The molecule has 28 heavy (non-hydrogen) atoms. The number of anilines is 1. The number of ether oxygens (including phenoxy) is 1. The van der Waals surface area contributed by atoms with E-state index in [1.165, 1.54) is 0 Å². The number of halogens is 1. The number of nitrogens with zero attached hydrogens (tertiary/aromatic N) is 4. The van der Waals surface area contributed by atoms with Gasteiger partial charge in [-0.05, 0) is 46.0 Å². The second-order valence-electron chi connectivity index (χ2n) is 8.49. The van der Waals surface area contributed by atoms with Crippen LogP contribution in [-0.2, 0) is 4.74 Å². The fraction of sp³-hybridized carbons (Fsp3) is 0.650. The summed E-state index contributed by atoms with van der Waals surface area (Å²) in [6.45, 7) is 11.3. The van der Waals surface area contributed by atoms with Crippen LogP contribution in [0.3, 0.4) is 0 Å². The number of amides is 1. The third-order valence-electron chi connectivity index (χ3n) is 5.11. The van der Waals surface area contributed by atoms with E-state index in [1.54, 1.807) is 4.90 Å². The van der Waals surface area contributed by atoms with Crippen molar-refractivity contribution >= 4 is 29.2 Å². The van der Waals surface area contributed by atoms with Crippen LogP contribution in [0.2, 0.25) is 5.15 Å². The standard InChI is InChI=1S/C20H30ClN5O2/c1-6-13(2)15-12-22-26-17(11-16(21)24-18(15)26)23-14-7-9-25(10-8-14)19(27)28-20(3,4)5/h11-14,23H,6-10H2,1-5H3. The van der Waals surface area contributed by atoms with Crippen LogP contribution in [-0.4, -0.2) is 50.3 Å². The first kappa shape index (κ1) is 20.7. The molecule has 1 amide bonds. The molecule has 0 saturated carbocycles. The van der Waals surface area contributed by atoms with E-state index in [4.69, 9.17) is 16.3 Å². The van der Waals surface area contributed by atoms with Crippen LogP contribution in [0.4, 0.5) is 10.6 Å². The first-order chi connectivity index (χ1) is 13.2. The molecule has 2 aromatic rings. The van der Waals surface area contributed by atoms with Gasteiger partial charge in [-0.3, -0.25) is 0 Å². The highest BCUT2D eigenvalue weighted by atomic mass is 35.5. The second-order valence-corrected chi connectivity index (χ2v) is 8.88. The number of nitrogens with one attached hydrogen (secondary N) is 1. The summed E-state index contributed by atoms with van der Waals surface area (Å²) in [4.78, 5) is 18.5. The van der Waals surface area contributed by atoms with Crippen LogP contribution in [0.15, 0.2) is 12.3 Å². The van der Waals surface area contributed by atoms with Crippen molar-refractivity contribution in [3.05, 3.63) is 23.0 Å². The Bertz CT molecular complexity index is 837. The highest BCUT2D eigenvalue weighted by Crippen LogP contribution is 2.27. The van der Waals surface area contributed by atoms with Crippen molar-refractivity contribution in [3.63, 3.8) is 0 Å². The average Bonchev–Trinajstić information content (AvgIpc) is 3.04. The average molecular weight is 408 g/mol. The van der Waals surface area contributed by atoms with Gasteiger partial charge in [-0.2, -0.15) is 9.61 Å². The van der Waals surface area contributed by atoms with E-state index < -0.39 is 5.60 Å². The van der Waals surface area contributed by atoms with Gasteiger partial charge in [0, 0.05) is 30.8 Å². The normalized spacial score (nSPS) is 17.0. The van der Waals surface area contributed by atoms with Crippen LogP contribution in [0, 0.1) is 0 Å². The maximum atomic E-state index is 12.2. The molecule has 3 rings (SSSR count). The smallest absolute Gasteiger partial charge is 0.410 e. The van der Waals surface area contributed by atoms with Gasteiger partial charge in [0.1, 0.15) is 16.6 Å². The number of fused-ring (bicyclic) bond motifs is 1. The predicted octanol–water partition coefficient (Wildman–Crippen LogP) is 4.71. The highest BCUT2D eigenvalue weighted by molar-refractivity contribution is 6.29. The van der Waals surface area contributed by atoms with Gasteiger partial charge in [-0.15, -0.1) is 0 Å². The van der Waals surface area contributed by atoms with Crippen LogP contribution in [0.5, 0.6) is 0 Å². The lowest BCUT2D eigenvalue weighted by molar-refractivity contribution is 0.0210. The molecular formula is C20H30ClN5O2. The zero-order valence-electron chi connectivity index (χ0n) is 17.3. The van der Waals surface area contributed by atoms with E-state index in [1.807, 2.05) is 37.5 Å². The summed E-state index contributed by atoms with van der Waals surface area (Å²) < 4.78 is 7.29. The first-order valence-corrected chi connectivity index (χ1v) is 10.3. The Balaban J connectivity index is 1.69. The molecule has 0 radical (unpaired) electrons. The van der Waals surface area contributed by atoms with Crippen molar-refractivity contribution in [1.82, 2.24) is 19.5 Å². The molecule has 1 aliphatic rings. The molecule has 1 fully saturated rings. The third kappa shape index (κ3) is 4.69.